The van der Waals surface area contributed by atoms with Crippen molar-refractivity contribution in [3.63, 3.8) is 0 Å². The van der Waals surface area contributed by atoms with Gasteiger partial charge in [-0.05, 0) is 6.42 Å². The number of nitrogens with two attached hydrogens (primary N) is 1. The Morgan fingerprint density at radius 1 is 0.778 bits per heavy atom. The first-order chi connectivity index (χ1) is 12.9. The number of carbonyl (C=O) groups is 1. The van der Waals surface area contributed by atoms with E-state index in [0.717, 1.165) is 24.2 Å². The lowest BCUT2D eigenvalue weighted by Crippen LogP contribution is -2.51. The second-order valence-electron chi connectivity index (χ2n) is 8.00. The maximum absolute atomic E-state index is 12.1. The zero-order valence-electron chi connectivity index (χ0n) is 18.1. The summed E-state index contributed by atoms with van der Waals surface area (Å²) < 4.78 is 0. The zero-order chi connectivity index (χ0) is 20.4. The van der Waals surface area contributed by atoms with Gasteiger partial charge < -0.3 is 15.9 Å². The van der Waals surface area contributed by atoms with E-state index in [1.54, 1.807) is 0 Å². The third-order valence-corrected chi connectivity index (χ3v) is 5.16. The van der Waals surface area contributed by atoms with Crippen LogP contribution < -0.4 is 5.73 Å². The first-order valence-electron chi connectivity index (χ1n) is 11.4. The van der Waals surface area contributed by atoms with Crippen LogP contribution in [0.4, 0.5) is 0 Å². The molecule has 0 fully saturated rings. The van der Waals surface area contributed by atoms with Crippen LogP contribution in [0.1, 0.15) is 117 Å². The van der Waals surface area contributed by atoms with E-state index in [0.29, 0.717) is 6.42 Å². The molecule has 1 amide bonds. The van der Waals surface area contributed by atoms with E-state index in [9.17, 15) is 15.0 Å². The maximum atomic E-state index is 12.1. The molecule has 0 atom stereocenters. The third-order valence-electron chi connectivity index (χ3n) is 5.16. The summed E-state index contributed by atoms with van der Waals surface area (Å²) in [5.41, 5.74) is 5.43. The molecule has 0 radical (unpaired) electrons. The van der Waals surface area contributed by atoms with Gasteiger partial charge in [0.15, 0.2) is 0 Å². The van der Waals surface area contributed by atoms with E-state index in [1.807, 2.05) is 0 Å². The van der Waals surface area contributed by atoms with Gasteiger partial charge in [0.25, 0.3) is 0 Å². The number of rotatable bonds is 19. The highest BCUT2D eigenvalue weighted by Gasteiger charge is 2.29. The summed E-state index contributed by atoms with van der Waals surface area (Å²) in [7, 11) is 0. The van der Waals surface area contributed by atoms with Crippen LogP contribution in [0.25, 0.3) is 0 Å². The van der Waals surface area contributed by atoms with Crippen molar-refractivity contribution >= 4 is 5.91 Å². The number of aliphatic hydroxyl groups is 2. The highest BCUT2D eigenvalue weighted by molar-refractivity contribution is 5.76. The molecule has 0 aromatic heterocycles. The topological polar surface area (TPSA) is 86.8 Å². The molecule has 0 aromatic carbocycles. The van der Waals surface area contributed by atoms with E-state index in [1.165, 1.54) is 84.0 Å². The highest BCUT2D eigenvalue weighted by Crippen LogP contribution is 2.15. The van der Waals surface area contributed by atoms with Crippen LogP contribution in [-0.2, 0) is 4.79 Å². The van der Waals surface area contributed by atoms with Crippen molar-refractivity contribution in [1.29, 1.82) is 0 Å². The molecular weight excluding hydrogens is 340 g/mol. The Hall–Kier alpha value is -0.650. The van der Waals surface area contributed by atoms with Gasteiger partial charge in [-0.3, -0.25) is 9.69 Å². The fourth-order valence-electron chi connectivity index (χ4n) is 3.48. The molecule has 0 saturated heterocycles. The monoisotopic (exact) mass is 386 g/mol. The van der Waals surface area contributed by atoms with Crippen LogP contribution in [0.3, 0.4) is 0 Å². The van der Waals surface area contributed by atoms with Crippen LogP contribution >= 0.6 is 0 Å². The van der Waals surface area contributed by atoms with Crippen molar-refractivity contribution in [2.45, 2.75) is 122 Å². The highest BCUT2D eigenvalue weighted by atomic mass is 16.5. The normalized spacial score (nSPS) is 11.7. The number of unbranched alkanes of at least 4 members (excludes halogenated alkanes) is 14. The molecule has 0 aliphatic carbocycles. The van der Waals surface area contributed by atoms with Gasteiger partial charge in [-0.15, -0.1) is 0 Å². The predicted molar refractivity (Wildman–Crippen MR) is 113 cm³/mol. The van der Waals surface area contributed by atoms with Crippen molar-refractivity contribution in [3.8, 4) is 0 Å². The summed E-state index contributed by atoms with van der Waals surface area (Å²) in [6, 6.07) is 0. The summed E-state index contributed by atoms with van der Waals surface area (Å²) in [5, 5.41) is 19.2. The van der Waals surface area contributed by atoms with E-state index in [4.69, 9.17) is 5.73 Å². The molecule has 0 unspecified atom stereocenters. The van der Waals surface area contributed by atoms with Gasteiger partial charge >= 0.3 is 0 Å². The lowest BCUT2D eigenvalue weighted by molar-refractivity contribution is -0.244. The molecule has 0 saturated carbocycles. The van der Waals surface area contributed by atoms with Crippen molar-refractivity contribution in [2.75, 3.05) is 13.1 Å². The number of hydrogen-bond acceptors (Lipinski definition) is 4. The molecule has 5 heteroatoms. The van der Waals surface area contributed by atoms with E-state index in [-0.39, 0.29) is 19.0 Å². The minimum absolute atomic E-state index is 0.168. The smallest absolute Gasteiger partial charge is 0.245 e. The molecule has 0 bridgehead atoms. The SMILES string of the molecule is CCCCCCCCCCCCCCCCCC(=O)N(CCN)C(C)(O)O. The quantitative estimate of drug-likeness (QED) is 0.222. The molecule has 0 spiro atoms. The van der Waals surface area contributed by atoms with Crippen LogP contribution in [0.5, 0.6) is 0 Å². The first kappa shape index (κ1) is 26.4. The van der Waals surface area contributed by atoms with Crippen molar-refractivity contribution in [1.82, 2.24) is 4.90 Å². The van der Waals surface area contributed by atoms with Gasteiger partial charge in [0.05, 0.1) is 0 Å². The predicted octanol–water partition coefficient (Wildman–Crippen LogP) is 4.69. The second-order valence-corrected chi connectivity index (χ2v) is 8.00. The summed E-state index contributed by atoms with van der Waals surface area (Å²) in [6.45, 7) is 3.86. The summed E-state index contributed by atoms with van der Waals surface area (Å²) in [5.74, 6) is -2.35. The molecule has 5 nitrogen and oxygen atoms in total. The maximum Gasteiger partial charge on any atom is 0.245 e. The minimum atomic E-state index is -2.12. The molecule has 0 heterocycles. The summed E-state index contributed by atoms with van der Waals surface area (Å²) >= 11 is 0. The molecular formula is C22H46N2O3. The van der Waals surface area contributed by atoms with E-state index in [2.05, 4.69) is 6.92 Å². The van der Waals surface area contributed by atoms with Gasteiger partial charge in [-0.25, -0.2) is 0 Å². The second kappa shape index (κ2) is 17.4. The Labute approximate surface area is 167 Å². The van der Waals surface area contributed by atoms with Crippen molar-refractivity contribution in [3.05, 3.63) is 0 Å². The molecule has 0 aliphatic rings. The molecule has 4 N–H and O–H groups in total. The van der Waals surface area contributed by atoms with Gasteiger partial charge in [0.1, 0.15) is 0 Å². The zero-order valence-corrected chi connectivity index (χ0v) is 18.1. The van der Waals surface area contributed by atoms with Gasteiger partial charge in [0.2, 0.25) is 11.8 Å². The van der Waals surface area contributed by atoms with Crippen molar-refractivity contribution in [2.24, 2.45) is 5.73 Å². The minimum Gasteiger partial charge on any atom is -0.349 e. The summed E-state index contributed by atoms with van der Waals surface area (Å²) in [4.78, 5) is 13.1. The fraction of sp³-hybridized carbons (Fsp3) is 0.955. The molecule has 0 aromatic rings. The number of amides is 1. The lowest BCUT2D eigenvalue weighted by atomic mass is 10.0. The third kappa shape index (κ3) is 16.0. The van der Waals surface area contributed by atoms with Gasteiger partial charge in [-0.1, -0.05) is 96.8 Å². The largest absolute Gasteiger partial charge is 0.349 e. The van der Waals surface area contributed by atoms with Crippen LogP contribution in [0.2, 0.25) is 0 Å². The molecule has 27 heavy (non-hydrogen) atoms. The van der Waals surface area contributed by atoms with Crippen LogP contribution in [0, 0.1) is 0 Å². The number of nitrogens with zero attached hydrogens (tertiary/aromatic N) is 1. The molecule has 0 aliphatic heterocycles. The van der Waals surface area contributed by atoms with E-state index < -0.39 is 5.91 Å². The number of hydrogen-bond donors (Lipinski definition) is 3. The van der Waals surface area contributed by atoms with Crippen LogP contribution in [0.15, 0.2) is 0 Å². The van der Waals surface area contributed by atoms with Gasteiger partial charge in [-0.2, -0.15) is 0 Å². The van der Waals surface area contributed by atoms with Crippen LogP contribution in [-0.4, -0.2) is 40.0 Å². The Morgan fingerprint density at radius 3 is 1.48 bits per heavy atom. The Kier molecular flexibility index (Phi) is 17.0. The van der Waals surface area contributed by atoms with Crippen molar-refractivity contribution < 1.29 is 15.0 Å². The first-order valence-corrected chi connectivity index (χ1v) is 11.4. The Morgan fingerprint density at radius 2 is 1.15 bits per heavy atom. The lowest BCUT2D eigenvalue weighted by Gasteiger charge is -2.32. The Bertz CT molecular complexity index is 343. The molecule has 0 rings (SSSR count). The fourth-order valence-corrected chi connectivity index (χ4v) is 3.48. The standard InChI is InChI=1S/C22H46N2O3/c1-3-4-5-6-7-8-9-10-11-12-13-14-15-16-17-18-21(25)24(20-19-23)22(2,26)27/h26-27H,3-20,23H2,1-2H3. The van der Waals surface area contributed by atoms with Gasteiger partial charge in [0, 0.05) is 26.4 Å². The number of carbonyl (C=O) groups excluding carboxylic acids is 1. The Balaban J connectivity index is 3.43. The average molecular weight is 387 g/mol. The molecule has 162 valence electrons. The van der Waals surface area contributed by atoms with E-state index >= 15 is 0 Å². The average Bonchev–Trinajstić information content (AvgIpc) is 2.61. The summed E-state index contributed by atoms with van der Waals surface area (Å²) in [6.07, 6.45) is 19.6.